The minimum atomic E-state index is -4.20. The van der Waals surface area contributed by atoms with Crippen LogP contribution in [-0.4, -0.2) is 118 Å². The topological polar surface area (TPSA) is 337 Å². The SMILES string of the molecule is CC(=O)OCC1OC(O[C@@H]2c3c(O)c4c(c(O)c3C3=C(NN(c5ccc([N+](=O)[O-])cc5[N+](=O)[O-])[Se]3=O)[C@@]2(C)O)C(=O)c2ccccc2C4=O)C(OC(C)=O)C(OC(C)=O)C1OC(C)=O. The van der Waals surface area contributed by atoms with Gasteiger partial charge in [0.2, 0.25) is 0 Å². The number of aromatic hydroxyl groups is 2. The minimum absolute atomic E-state index is 0.195. The molecule has 0 spiro atoms. The number of nitro groups is 2. The van der Waals surface area contributed by atoms with Crippen LogP contribution in [0.25, 0.3) is 4.47 Å². The molecule has 0 amide bonds. The Balaban J connectivity index is 1.47. The molecule has 3 aromatic rings. The summed E-state index contributed by atoms with van der Waals surface area (Å²) in [5.74, 6) is -8.04. The molecule has 0 saturated carbocycles. The Morgan fingerprint density at radius 3 is 1.94 bits per heavy atom. The van der Waals surface area contributed by atoms with Gasteiger partial charge < -0.3 is 0 Å². The van der Waals surface area contributed by atoms with E-state index in [4.69, 9.17) is 28.4 Å². The van der Waals surface area contributed by atoms with Crippen molar-refractivity contribution in [1.29, 1.82) is 0 Å². The van der Waals surface area contributed by atoms with Crippen LogP contribution >= 0.6 is 0 Å². The number of carbonyl (C=O) groups is 6. The third-order valence-electron chi connectivity index (χ3n) is 10.4. The van der Waals surface area contributed by atoms with Gasteiger partial charge in [0.25, 0.3) is 0 Å². The predicted octanol–water partition coefficient (Wildman–Crippen LogP) is 1.79. The molecule has 2 aliphatic heterocycles. The van der Waals surface area contributed by atoms with Crippen LogP contribution in [0.1, 0.15) is 83.7 Å². The molecule has 64 heavy (non-hydrogen) atoms. The average molecular weight is 958 g/mol. The first kappa shape index (κ1) is 44.9. The van der Waals surface area contributed by atoms with Crippen molar-refractivity contribution in [3.63, 3.8) is 0 Å². The molecule has 24 nitrogen and oxygen atoms in total. The van der Waals surface area contributed by atoms with E-state index in [1.165, 1.54) is 24.3 Å². The van der Waals surface area contributed by atoms with Crippen LogP contribution in [0.4, 0.5) is 17.1 Å². The van der Waals surface area contributed by atoms with Crippen molar-refractivity contribution in [3.8, 4) is 11.5 Å². The van der Waals surface area contributed by atoms with Gasteiger partial charge in [-0.3, -0.25) is 0 Å². The number of phenolic OH excluding ortho intramolecular Hbond substituents is 2. The summed E-state index contributed by atoms with van der Waals surface area (Å²) in [5, 5.41) is 61.0. The average Bonchev–Trinajstić information content (AvgIpc) is 3.57. The summed E-state index contributed by atoms with van der Waals surface area (Å²) in [6, 6.07) is 7.73. The monoisotopic (exact) mass is 958 g/mol. The molecule has 4 aliphatic rings. The maximum absolute atomic E-state index is 14.8. The number of hydrazine groups is 1. The van der Waals surface area contributed by atoms with Crippen molar-refractivity contribution < 1.29 is 86.2 Å². The fraction of sp³-hybridized carbons (Fsp3) is 0.333. The second-order valence-electron chi connectivity index (χ2n) is 14.7. The number of fused-ring (bicyclic) bond motifs is 4. The Kier molecular flexibility index (Phi) is 11.6. The third-order valence-corrected chi connectivity index (χ3v) is 13.3. The summed E-state index contributed by atoms with van der Waals surface area (Å²) in [4.78, 5) is 99.7. The first-order chi connectivity index (χ1) is 30.1. The molecule has 0 bridgehead atoms. The number of ketones is 2. The van der Waals surface area contributed by atoms with Gasteiger partial charge in [0, 0.05) is 0 Å². The van der Waals surface area contributed by atoms with Crippen LogP contribution in [0.5, 0.6) is 11.5 Å². The molecule has 4 N–H and O–H groups in total. The number of benzene rings is 3. The second kappa shape index (κ2) is 16.5. The molecule has 1 fully saturated rings. The van der Waals surface area contributed by atoms with Gasteiger partial charge in [-0.15, -0.1) is 0 Å². The number of nitrogens with one attached hydrogen (secondary N) is 1. The van der Waals surface area contributed by atoms with E-state index in [0.29, 0.717) is 10.1 Å². The normalized spacial score (nSPS) is 25.5. The Morgan fingerprint density at radius 2 is 1.39 bits per heavy atom. The number of anilines is 1. The summed E-state index contributed by atoms with van der Waals surface area (Å²) in [6.45, 7) is 4.18. The zero-order chi connectivity index (χ0) is 46.8. The van der Waals surface area contributed by atoms with Gasteiger partial charge in [-0.1, -0.05) is 0 Å². The van der Waals surface area contributed by atoms with E-state index >= 15 is 0 Å². The van der Waals surface area contributed by atoms with Gasteiger partial charge in [-0.25, -0.2) is 0 Å². The number of ether oxygens (including phenoxy) is 6. The Hall–Kier alpha value is -7.18. The summed E-state index contributed by atoms with van der Waals surface area (Å²) < 4.78 is 49.0. The summed E-state index contributed by atoms with van der Waals surface area (Å²) in [6.07, 6.45) is -11.4. The van der Waals surface area contributed by atoms with Crippen molar-refractivity contribution in [1.82, 2.24) is 5.43 Å². The van der Waals surface area contributed by atoms with E-state index in [2.05, 4.69) is 5.43 Å². The van der Waals surface area contributed by atoms with E-state index < -0.39 is 169 Å². The zero-order valence-corrected chi connectivity index (χ0v) is 35.5. The Bertz CT molecular complexity index is 2680. The van der Waals surface area contributed by atoms with E-state index in [0.717, 1.165) is 46.8 Å². The molecule has 25 heteroatoms. The van der Waals surface area contributed by atoms with Crippen molar-refractivity contribution in [2.24, 2.45) is 0 Å². The quantitative estimate of drug-likeness (QED) is 0.0439. The molecule has 6 unspecified atom stereocenters. The number of non-ortho nitro benzene ring substituents is 1. The van der Waals surface area contributed by atoms with Gasteiger partial charge in [0.15, 0.2) is 0 Å². The van der Waals surface area contributed by atoms with Crippen LogP contribution in [0.2, 0.25) is 0 Å². The first-order valence-corrected chi connectivity index (χ1v) is 21.0. The molecule has 3 aromatic carbocycles. The number of aliphatic hydroxyl groups is 1. The fourth-order valence-electron chi connectivity index (χ4n) is 7.88. The number of nitro benzene ring substituents is 2. The van der Waals surface area contributed by atoms with Crippen LogP contribution < -0.4 is 9.45 Å². The van der Waals surface area contributed by atoms with E-state index in [-0.39, 0.29) is 11.1 Å². The number of carbonyl (C=O) groups excluding carboxylic acids is 6. The second-order valence-corrected chi connectivity index (χ2v) is 17.4. The fourth-order valence-corrected chi connectivity index (χ4v) is 11.0. The first-order valence-electron chi connectivity index (χ1n) is 18.7. The number of phenols is 2. The van der Waals surface area contributed by atoms with Gasteiger partial charge >= 0.3 is 364 Å². The van der Waals surface area contributed by atoms with Crippen molar-refractivity contribution in [2.45, 2.75) is 77.0 Å². The van der Waals surface area contributed by atoms with Crippen molar-refractivity contribution >= 4 is 71.0 Å². The molecular weight excluding hydrogens is 923 g/mol. The summed E-state index contributed by atoms with van der Waals surface area (Å²) >= 11 is -4.20. The van der Waals surface area contributed by atoms with E-state index in [1.807, 2.05) is 0 Å². The Labute approximate surface area is 362 Å². The van der Waals surface area contributed by atoms with E-state index in [9.17, 15) is 68.2 Å². The van der Waals surface area contributed by atoms with Crippen LogP contribution in [-0.2, 0) is 51.4 Å². The molecule has 2 aliphatic carbocycles. The van der Waals surface area contributed by atoms with Gasteiger partial charge in [-0.2, -0.15) is 0 Å². The molecule has 0 radical (unpaired) electrons. The number of nitrogens with zero attached hydrogens (tertiary/aromatic N) is 3. The molecule has 8 atom stereocenters. The van der Waals surface area contributed by atoms with Gasteiger partial charge in [0.1, 0.15) is 0 Å². The predicted molar refractivity (Wildman–Crippen MR) is 208 cm³/mol. The standard InChI is InChI=1S/C39H34N4O20Se/c1-14(44)58-13-23-32(59-15(2)45)33(60-16(3)46)34(61-17(4)47)38(62-23)63-37-27-26(30(50)24-25(31(27)51)29(49)20-9-7-6-8-19(20)28(24)48)35-36(39(37,5)52)40-41(64(35)57)21-11-10-18(42(53)54)12-22(21)43(55)56/h6-12,23,32-34,37-38,40,50-52H,13H2,1-5H3/t23?,32?,33?,34?,37-,38?,39-,64?/m1/s1. The number of hydrogen-bond acceptors (Lipinski definition) is 21. The van der Waals surface area contributed by atoms with Gasteiger partial charge in [-0.05, 0) is 0 Å². The molecule has 7 rings (SSSR count). The zero-order valence-electron chi connectivity index (χ0n) is 33.7. The van der Waals surface area contributed by atoms with Gasteiger partial charge in [0.05, 0.1) is 0 Å². The molecule has 2 heterocycles. The van der Waals surface area contributed by atoms with Crippen LogP contribution in [0.3, 0.4) is 0 Å². The number of hydrogen-bond donors (Lipinski definition) is 4. The number of esters is 4. The summed E-state index contributed by atoms with van der Waals surface area (Å²) in [5.41, 5.74) is -6.20. The van der Waals surface area contributed by atoms with E-state index in [1.54, 1.807) is 0 Å². The van der Waals surface area contributed by atoms with Crippen molar-refractivity contribution in [3.05, 3.63) is 102 Å². The third kappa shape index (κ3) is 7.47. The maximum atomic E-state index is 14.8. The molecule has 0 aromatic heterocycles. The Morgan fingerprint density at radius 1 is 0.828 bits per heavy atom. The molecule has 1 saturated heterocycles. The van der Waals surface area contributed by atoms with Crippen LogP contribution in [0, 0.1) is 20.2 Å². The summed E-state index contributed by atoms with van der Waals surface area (Å²) in [7, 11) is 0. The molecule has 336 valence electrons. The number of rotatable bonds is 10. The van der Waals surface area contributed by atoms with Crippen molar-refractivity contribution in [2.75, 3.05) is 10.6 Å². The molecular formula is C39H34N4O20Se. The van der Waals surface area contributed by atoms with Crippen LogP contribution in [0.15, 0.2) is 48.2 Å².